The summed E-state index contributed by atoms with van der Waals surface area (Å²) >= 11 is 0. The molecule has 2 unspecified atom stereocenters. The van der Waals surface area contributed by atoms with Gasteiger partial charge in [-0.3, -0.25) is 9.69 Å². The first-order chi connectivity index (χ1) is 17.9. The second-order valence-electron chi connectivity index (χ2n) is 11.4. The average Bonchev–Trinajstić information content (AvgIpc) is 3.55. The lowest BCUT2D eigenvalue weighted by atomic mass is 9.84. The highest BCUT2D eigenvalue weighted by Gasteiger charge is 2.44. The fourth-order valence-electron chi connectivity index (χ4n) is 7.10. The number of piperidine rings is 1. The Morgan fingerprint density at radius 3 is 2.57 bits per heavy atom. The van der Waals surface area contributed by atoms with Gasteiger partial charge in [-0.2, -0.15) is 4.68 Å². The number of hydrogen-bond acceptors (Lipinski definition) is 6. The monoisotopic (exact) mass is 506 g/mol. The third-order valence-electron chi connectivity index (χ3n) is 8.83. The molecule has 4 fully saturated rings. The minimum absolute atomic E-state index is 0.125. The minimum atomic E-state index is -0.197. The molecule has 4 aliphatic heterocycles. The predicted octanol–water partition coefficient (Wildman–Crippen LogP) is 3.62. The van der Waals surface area contributed by atoms with Gasteiger partial charge < -0.3 is 19.9 Å². The van der Waals surface area contributed by atoms with Crippen molar-refractivity contribution in [3.05, 3.63) is 41.6 Å². The molecule has 0 radical (unpaired) electrons. The number of hydrogen-bond donors (Lipinski definition) is 1. The Morgan fingerprint density at radius 2 is 1.84 bits per heavy atom. The second-order valence-corrected chi connectivity index (χ2v) is 11.4. The number of benzene rings is 1. The molecule has 2 atom stereocenters. The predicted molar refractivity (Wildman–Crippen MR) is 142 cm³/mol. The van der Waals surface area contributed by atoms with Crippen LogP contribution >= 0.6 is 0 Å². The molecule has 0 aliphatic carbocycles. The molecule has 198 valence electrons. The fraction of sp³-hybridized carbons (Fsp3) is 0.607. The van der Waals surface area contributed by atoms with Gasteiger partial charge in [0.15, 0.2) is 5.82 Å². The molecule has 6 rings (SSSR count). The Kier molecular flexibility index (Phi) is 6.44. The van der Waals surface area contributed by atoms with E-state index in [1.54, 1.807) is 12.3 Å². The number of fused-ring (bicyclic) bond motifs is 2. The van der Waals surface area contributed by atoms with Crippen molar-refractivity contribution in [3.63, 3.8) is 0 Å². The highest BCUT2D eigenvalue weighted by atomic mass is 16.5. The van der Waals surface area contributed by atoms with Crippen LogP contribution < -0.4 is 10.2 Å². The molecule has 2 amide bonds. The van der Waals surface area contributed by atoms with Crippen molar-refractivity contribution in [3.8, 4) is 0 Å². The molecule has 1 aromatic heterocycles. The summed E-state index contributed by atoms with van der Waals surface area (Å²) in [7, 11) is 0. The zero-order valence-electron chi connectivity index (χ0n) is 22.0. The van der Waals surface area contributed by atoms with Gasteiger partial charge in [-0.1, -0.05) is 6.07 Å². The molecule has 4 aliphatic rings. The zero-order chi connectivity index (χ0) is 25.6. The van der Waals surface area contributed by atoms with E-state index in [4.69, 9.17) is 4.74 Å². The first-order valence-corrected chi connectivity index (χ1v) is 13.7. The summed E-state index contributed by atoms with van der Waals surface area (Å²) < 4.78 is 7.16. The number of rotatable bonds is 4. The number of aryl methyl sites for hydroxylation is 1. The maximum atomic E-state index is 13.0. The first kappa shape index (κ1) is 24.4. The van der Waals surface area contributed by atoms with Crippen LogP contribution in [-0.4, -0.2) is 82.0 Å². The number of likely N-dealkylation sites (tertiary alicyclic amines) is 2. The number of ether oxygens (including phenoxy) is 1. The Labute approximate surface area is 218 Å². The standard InChI is InChI=1S/C28H38N6O3/c1-20-14-22(16-25(15-20)34-23-4-5-24(34)19-37-18-23)17-32-10-3-7-28(32)8-12-31(13-9-28)27(36)33-11-6-26(30-33)29-21(2)35/h6,11,14-16,23-24H,3-5,7-10,12-13,17-19H2,1-2H3,(H,29,30,35). The molecular formula is C28H38N6O3. The van der Waals surface area contributed by atoms with Crippen molar-refractivity contribution in [2.45, 2.75) is 76.5 Å². The third-order valence-corrected chi connectivity index (χ3v) is 8.83. The summed E-state index contributed by atoms with van der Waals surface area (Å²) in [4.78, 5) is 31.5. The van der Waals surface area contributed by atoms with Crippen LogP contribution in [0.15, 0.2) is 30.5 Å². The van der Waals surface area contributed by atoms with E-state index in [-0.39, 0.29) is 17.5 Å². The molecule has 5 heterocycles. The van der Waals surface area contributed by atoms with Crippen LogP contribution in [0.25, 0.3) is 0 Å². The van der Waals surface area contributed by atoms with Crippen LogP contribution in [0, 0.1) is 6.92 Å². The van der Waals surface area contributed by atoms with Crippen molar-refractivity contribution in [2.75, 3.05) is 43.1 Å². The fourth-order valence-corrected chi connectivity index (χ4v) is 7.10. The van der Waals surface area contributed by atoms with Crippen LogP contribution in [-0.2, 0) is 16.1 Å². The highest BCUT2D eigenvalue weighted by molar-refractivity contribution is 5.88. The molecule has 1 spiro atoms. The van der Waals surface area contributed by atoms with E-state index in [0.717, 1.165) is 52.2 Å². The van der Waals surface area contributed by atoms with Gasteiger partial charge in [-0.05, 0) is 75.3 Å². The number of nitrogens with one attached hydrogen (secondary N) is 1. The third kappa shape index (κ3) is 4.75. The lowest BCUT2D eigenvalue weighted by Gasteiger charge is -2.45. The van der Waals surface area contributed by atoms with Crippen LogP contribution in [0.1, 0.15) is 56.6 Å². The SMILES string of the molecule is CC(=O)Nc1ccn(C(=O)N2CCC3(CCCN3Cc3cc(C)cc(N4C5CCC4COC5)c3)CC2)n1. The Bertz CT molecular complexity index is 1150. The summed E-state index contributed by atoms with van der Waals surface area (Å²) in [6.07, 6.45) is 8.43. The Balaban J connectivity index is 1.12. The van der Waals surface area contributed by atoms with Crippen LogP contribution in [0.5, 0.6) is 0 Å². The van der Waals surface area contributed by atoms with Crippen molar-refractivity contribution < 1.29 is 14.3 Å². The molecule has 2 aromatic rings. The van der Waals surface area contributed by atoms with Crippen LogP contribution in [0.2, 0.25) is 0 Å². The van der Waals surface area contributed by atoms with Gasteiger partial charge in [0.25, 0.3) is 0 Å². The number of anilines is 2. The normalized spacial score (nSPS) is 25.1. The van der Waals surface area contributed by atoms with Crippen molar-refractivity contribution in [1.82, 2.24) is 19.6 Å². The summed E-state index contributed by atoms with van der Waals surface area (Å²) in [6.45, 7) is 8.85. The molecule has 1 N–H and O–H groups in total. The number of carbonyl (C=O) groups excluding carboxylic acids is 2. The summed E-state index contributed by atoms with van der Waals surface area (Å²) in [5.74, 6) is 0.205. The van der Waals surface area contributed by atoms with E-state index in [2.05, 4.69) is 45.3 Å². The van der Waals surface area contributed by atoms with Gasteiger partial charge in [0, 0.05) is 50.0 Å². The van der Waals surface area contributed by atoms with Gasteiger partial charge in [-0.25, -0.2) is 4.79 Å². The zero-order valence-corrected chi connectivity index (χ0v) is 22.0. The van der Waals surface area contributed by atoms with E-state index in [0.29, 0.717) is 17.9 Å². The van der Waals surface area contributed by atoms with Crippen molar-refractivity contribution >= 4 is 23.4 Å². The Hall–Kier alpha value is -2.91. The molecule has 2 bridgehead atoms. The van der Waals surface area contributed by atoms with Crippen LogP contribution in [0.4, 0.5) is 16.3 Å². The molecule has 9 heteroatoms. The van der Waals surface area contributed by atoms with E-state index >= 15 is 0 Å². The smallest absolute Gasteiger partial charge is 0.344 e. The number of morpholine rings is 1. The van der Waals surface area contributed by atoms with E-state index < -0.39 is 0 Å². The van der Waals surface area contributed by atoms with E-state index in [1.807, 2.05) is 4.90 Å². The molecule has 9 nitrogen and oxygen atoms in total. The van der Waals surface area contributed by atoms with Crippen LogP contribution in [0.3, 0.4) is 0 Å². The van der Waals surface area contributed by atoms with Gasteiger partial charge in [0.2, 0.25) is 5.91 Å². The molecule has 37 heavy (non-hydrogen) atoms. The maximum Gasteiger partial charge on any atom is 0.344 e. The average molecular weight is 507 g/mol. The van der Waals surface area contributed by atoms with Gasteiger partial charge >= 0.3 is 6.03 Å². The quantitative estimate of drug-likeness (QED) is 0.682. The number of amides is 2. The lowest BCUT2D eigenvalue weighted by molar-refractivity contribution is -0.114. The van der Waals surface area contributed by atoms with Gasteiger partial charge in [0.1, 0.15) is 0 Å². The number of aromatic nitrogens is 2. The van der Waals surface area contributed by atoms with E-state index in [9.17, 15) is 9.59 Å². The van der Waals surface area contributed by atoms with Gasteiger partial charge in [0.05, 0.1) is 25.3 Å². The topological polar surface area (TPSA) is 82.9 Å². The van der Waals surface area contributed by atoms with Gasteiger partial charge in [-0.15, -0.1) is 5.10 Å². The summed E-state index contributed by atoms with van der Waals surface area (Å²) in [5, 5.41) is 6.86. The van der Waals surface area contributed by atoms with E-state index in [1.165, 1.54) is 54.1 Å². The van der Waals surface area contributed by atoms with Crippen molar-refractivity contribution in [2.24, 2.45) is 0 Å². The van der Waals surface area contributed by atoms with Crippen molar-refractivity contribution in [1.29, 1.82) is 0 Å². The first-order valence-electron chi connectivity index (χ1n) is 13.7. The molecule has 4 saturated heterocycles. The number of carbonyl (C=O) groups is 2. The minimum Gasteiger partial charge on any atom is -0.377 e. The maximum absolute atomic E-state index is 13.0. The molecule has 1 aromatic carbocycles. The molecular weight excluding hydrogens is 468 g/mol. The summed E-state index contributed by atoms with van der Waals surface area (Å²) in [5.41, 5.74) is 4.23. The lowest BCUT2D eigenvalue weighted by Crippen LogP contribution is -2.53. The highest BCUT2D eigenvalue weighted by Crippen LogP contribution is 2.40. The number of nitrogens with zero attached hydrogens (tertiary/aromatic N) is 5. The summed E-state index contributed by atoms with van der Waals surface area (Å²) in [6, 6.07) is 9.66. The second kappa shape index (κ2) is 9.76. The Morgan fingerprint density at radius 1 is 1.08 bits per heavy atom. The largest absolute Gasteiger partial charge is 0.377 e. The molecule has 0 saturated carbocycles.